The molecule has 1 rings (SSSR count). The van der Waals surface area contributed by atoms with Crippen LogP contribution >= 0.6 is 15.9 Å². The molecule has 1 aromatic rings. The van der Waals surface area contributed by atoms with E-state index in [4.69, 9.17) is 5.11 Å². The number of halogens is 1. The van der Waals surface area contributed by atoms with Crippen LogP contribution in [0.3, 0.4) is 0 Å². The summed E-state index contributed by atoms with van der Waals surface area (Å²) in [6.45, 7) is 0. The number of carbonyl (C=O) groups is 1. The van der Waals surface area contributed by atoms with Gasteiger partial charge in [0, 0.05) is 0 Å². The minimum atomic E-state index is -0.959. The topological polar surface area (TPSA) is 37.3 Å². The molecular weight excluding hydrogens is 220 g/mol. The van der Waals surface area contributed by atoms with Crippen LogP contribution in [0.4, 0.5) is 0 Å². The van der Waals surface area contributed by atoms with E-state index in [1.807, 2.05) is 30.3 Å². The van der Waals surface area contributed by atoms with Crippen molar-refractivity contribution in [3.05, 3.63) is 40.4 Å². The normalized spacial score (nSPS) is 11.2. The van der Waals surface area contributed by atoms with E-state index in [0.29, 0.717) is 0 Å². The minimum Gasteiger partial charge on any atom is -0.477 e. The van der Waals surface area contributed by atoms with Crippen molar-refractivity contribution in [3.63, 3.8) is 0 Å². The van der Waals surface area contributed by atoms with Crippen LogP contribution in [0.25, 0.3) is 6.08 Å². The van der Waals surface area contributed by atoms with Gasteiger partial charge in [-0.15, -0.1) is 0 Å². The van der Waals surface area contributed by atoms with Gasteiger partial charge in [-0.25, -0.2) is 4.79 Å². The average molecular weight is 227 g/mol. The van der Waals surface area contributed by atoms with E-state index in [2.05, 4.69) is 15.9 Å². The second-order valence-corrected chi connectivity index (χ2v) is 3.06. The predicted molar refractivity (Wildman–Crippen MR) is 51.0 cm³/mol. The van der Waals surface area contributed by atoms with Crippen LogP contribution in [-0.2, 0) is 4.79 Å². The molecule has 0 bridgehead atoms. The van der Waals surface area contributed by atoms with Gasteiger partial charge in [0.05, 0.1) is 0 Å². The lowest BCUT2D eigenvalue weighted by atomic mass is 10.2. The van der Waals surface area contributed by atoms with Gasteiger partial charge in [-0.1, -0.05) is 30.3 Å². The summed E-state index contributed by atoms with van der Waals surface area (Å²) < 4.78 is 0.161. The number of hydrogen-bond donors (Lipinski definition) is 1. The molecule has 0 fully saturated rings. The molecule has 0 atom stereocenters. The quantitative estimate of drug-likeness (QED) is 0.788. The molecule has 12 heavy (non-hydrogen) atoms. The first-order valence-corrected chi connectivity index (χ1v) is 4.15. The van der Waals surface area contributed by atoms with Crippen LogP contribution < -0.4 is 0 Å². The van der Waals surface area contributed by atoms with Crippen molar-refractivity contribution in [3.8, 4) is 0 Å². The maximum atomic E-state index is 10.4. The van der Waals surface area contributed by atoms with Gasteiger partial charge in [0.2, 0.25) is 0 Å². The number of rotatable bonds is 2. The molecule has 0 saturated heterocycles. The summed E-state index contributed by atoms with van der Waals surface area (Å²) in [4.78, 5) is 10.4. The summed E-state index contributed by atoms with van der Waals surface area (Å²) >= 11 is 2.94. The third kappa shape index (κ3) is 2.51. The standard InChI is InChI=1S/C9H7BrO2/c10-8(9(11)12)6-7-4-2-1-3-5-7/h1-6H,(H,11,12). The number of carboxylic acids is 1. The Labute approximate surface area is 78.7 Å². The molecule has 0 saturated carbocycles. The van der Waals surface area contributed by atoms with E-state index in [1.54, 1.807) is 6.08 Å². The molecule has 1 aromatic carbocycles. The predicted octanol–water partition coefficient (Wildman–Crippen LogP) is 2.51. The molecule has 2 nitrogen and oxygen atoms in total. The second-order valence-electron chi connectivity index (χ2n) is 2.21. The Morgan fingerprint density at radius 2 is 1.92 bits per heavy atom. The number of hydrogen-bond acceptors (Lipinski definition) is 1. The van der Waals surface area contributed by atoms with Crippen LogP contribution in [0.1, 0.15) is 5.56 Å². The molecule has 62 valence electrons. The number of carboxylic acid groups (broad SMARTS) is 1. The summed E-state index contributed by atoms with van der Waals surface area (Å²) in [5.74, 6) is -0.959. The molecule has 0 aliphatic carbocycles. The molecule has 0 aliphatic heterocycles. The van der Waals surface area contributed by atoms with Crippen molar-refractivity contribution < 1.29 is 9.90 Å². The Balaban J connectivity index is 2.89. The smallest absolute Gasteiger partial charge is 0.342 e. The van der Waals surface area contributed by atoms with E-state index in [9.17, 15) is 4.79 Å². The molecule has 0 radical (unpaired) electrons. The fraction of sp³-hybridized carbons (Fsp3) is 0. The van der Waals surface area contributed by atoms with Crippen molar-refractivity contribution in [1.29, 1.82) is 0 Å². The van der Waals surface area contributed by atoms with Crippen molar-refractivity contribution in [2.45, 2.75) is 0 Å². The first-order valence-electron chi connectivity index (χ1n) is 3.35. The molecule has 0 aliphatic rings. The molecule has 0 unspecified atom stereocenters. The van der Waals surface area contributed by atoms with Gasteiger partial charge in [-0.3, -0.25) is 0 Å². The third-order valence-corrected chi connectivity index (χ3v) is 1.87. The third-order valence-electron chi connectivity index (χ3n) is 1.30. The summed E-state index contributed by atoms with van der Waals surface area (Å²) in [7, 11) is 0. The first kappa shape index (κ1) is 9.00. The Kier molecular flexibility index (Phi) is 3.05. The van der Waals surface area contributed by atoms with Gasteiger partial charge in [-0.2, -0.15) is 0 Å². The molecular formula is C9H7BrO2. The number of benzene rings is 1. The van der Waals surface area contributed by atoms with E-state index in [1.165, 1.54) is 0 Å². The van der Waals surface area contributed by atoms with Gasteiger partial charge in [0.15, 0.2) is 0 Å². The van der Waals surface area contributed by atoms with Crippen molar-refractivity contribution in [1.82, 2.24) is 0 Å². The highest BCUT2D eigenvalue weighted by atomic mass is 79.9. The zero-order valence-corrected chi connectivity index (χ0v) is 7.78. The highest BCUT2D eigenvalue weighted by molar-refractivity contribution is 9.12. The van der Waals surface area contributed by atoms with Gasteiger partial charge >= 0.3 is 5.97 Å². The zero-order valence-electron chi connectivity index (χ0n) is 6.20. The van der Waals surface area contributed by atoms with E-state index < -0.39 is 5.97 Å². The summed E-state index contributed by atoms with van der Waals surface area (Å²) in [6, 6.07) is 9.27. The fourth-order valence-electron chi connectivity index (χ4n) is 0.757. The van der Waals surface area contributed by atoms with Crippen molar-refractivity contribution in [2.24, 2.45) is 0 Å². The Morgan fingerprint density at radius 1 is 1.33 bits per heavy atom. The number of aliphatic carboxylic acids is 1. The van der Waals surface area contributed by atoms with E-state index in [0.717, 1.165) is 5.56 Å². The highest BCUT2D eigenvalue weighted by Gasteiger charge is 2.00. The van der Waals surface area contributed by atoms with Gasteiger partial charge in [0.1, 0.15) is 4.48 Å². The second kappa shape index (κ2) is 4.07. The molecule has 3 heteroatoms. The van der Waals surface area contributed by atoms with Crippen molar-refractivity contribution >= 4 is 28.0 Å². The van der Waals surface area contributed by atoms with Crippen LogP contribution in [0.15, 0.2) is 34.8 Å². The van der Waals surface area contributed by atoms with Crippen LogP contribution in [0, 0.1) is 0 Å². The zero-order chi connectivity index (χ0) is 8.97. The lowest BCUT2D eigenvalue weighted by Gasteiger charge is -1.92. The van der Waals surface area contributed by atoms with Crippen LogP contribution in [0.5, 0.6) is 0 Å². The monoisotopic (exact) mass is 226 g/mol. The molecule has 0 spiro atoms. The largest absolute Gasteiger partial charge is 0.477 e. The van der Waals surface area contributed by atoms with Crippen LogP contribution in [-0.4, -0.2) is 11.1 Å². The molecule has 0 heterocycles. The first-order chi connectivity index (χ1) is 5.70. The van der Waals surface area contributed by atoms with Crippen LogP contribution in [0.2, 0.25) is 0 Å². The summed E-state index contributed by atoms with van der Waals surface area (Å²) in [6.07, 6.45) is 1.56. The maximum absolute atomic E-state index is 10.4. The van der Waals surface area contributed by atoms with E-state index >= 15 is 0 Å². The maximum Gasteiger partial charge on any atom is 0.342 e. The Hall–Kier alpha value is -1.09. The van der Waals surface area contributed by atoms with Gasteiger partial charge < -0.3 is 5.11 Å². The molecule has 0 aromatic heterocycles. The van der Waals surface area contributed by atoms with Gasteiger partial charge in [0.25, 0.3) is 0 Å². The minimum absolute atomic E-state index is 0.161. The highest BCUT2D eigenvalue weighted by Crippen LogP contribution is 2.11. The lowest BCUT2D eigenvalue weighted by molar-refractivity contribution is -0.131. The van der Waals surface area contributed by atoms with Crippen molar-refractivity contribution in [2.75, 3.05) is 0 Å². The fourth-order valence-corrected chi connectivity index (χ4v) is 1.02. The summed E-state index contributed by atoms with van der Waals surface area (Å²) in [5.41, 5.74) is 0.867. The lowest BCUT2D eigenvalue weighted by Crippen LogP contribution is -1.92. The van der Waals surface area contributed by atoms with Gasteiger partial charge in [-0.05, 0) is 27.6 Å². The van der Waals surface area contributed by atoms with E-state index in [-0.39, 0.29) is 4.48 Å². The average Bonchev–Trinajstić information content (AvgIpc) is 2.06. The Bertz CT molecular complexity index is 304. The molecule has 1 N–H and O–H groups in total. The molecule has 0 amide bonds. The summed E-state index contributed by atoms with van der Waals surface area (Å²) in [5, 5.41) is 8.53. The SMILES string of the molecule is O=C(O)C(Br)=Cc1ccccc1. The Morgan fingerprint density at radius 3 is 2.42 bits per heavy atom.